The van der Waals surface area contributed by atoms with Crippen molar-refractivity contribution in [3.8, 4) is 17.5 Å². The topological polar surface area (TPSA) is 64.8 Å². The van der Waals surface area contributed by atoms with E-state index in [2.05, 4.69) is 16.3 Å². The zero-order chi connectivity index (χ0) is 17.8. The fourth-order valence-electron chi connectivity index (χ4n) is 3.14. The third kappa shape index (κ3) is 3.50. The van der Waals surface area contributed by atoms with Crippen molar-refractivity contribution >= 4 is 17.3 Å². The summed E-state index contributed by atoms with van der Waals surface area (Å²) in [4.78, 5) is 11.8. The Morgan fingerprint density at radius 2 is 1.73 bits per heavy atom. The Labute approximate surface area is 153 Å². The number of rotatable bonds is 4. The van der Waals surface area contributed by atoms with Crippen LogP contribution in [-0.2, 0) is 0 Å². The molecule has 1 aliphatic rings. The third-order valence-electron chi connectivity index (χ3n) is 4.44. The predicted molar refractivity (Wildman–Crippen MR) is 103 cm³/mol. The molecule has 0 amide bonds. The molecule has 26 heavy (non-hydrogen) atoms. The molecule has 1 N–H and O–H groups in total. The van der Waals surface area contributed by atoms with Gasteiger partial charge in [0.1, 0.15) is 11.6 Å². The van der Waals surface area contributed by atoms with Gasteiger partial charge in [-0.05, 0) is 31.0 Å². The number of nitriles is 1. The van der Waals surface area contributed by atoms with Gasteiger partial charge >= 0.3 is 0 Å². The number of aromatic nitrogens is 2. The number of hydrogen-bond acceptors (Lipinski definition) is 5. The van der Waals surface area contributed by atoms with E-state index < -0.39 is 0 Å². The van der Waals surface area contributed by atoms with E-state index >= 15 is 0 Å². The van der Waals surface area contributed by atoms with Crippen molar-refractivity contribution in [2.45, 2.75) is 12.8 Å². The van der Waals surface area contributed by atoms with Crippen molar-refractivity contribution in [3.05, 3.63) is 66.2 Å². The second kappa shape index (κ2) is 7.24. The molecule has 1 aromatic heterocycles. The van der Waals surface area contributed by atoms with Gasteiger partial charge in [-0.25, -0.2) is 9.97 Å². The van der Waals surface area contributed by atoms with Gasteiger partial charge in [-0.2, -0.15) is 5.26 Å². The van der Waals surface area contributed by atoms with Crippen LogP contribution in [0.25, 0.3) is 11.4 Å². The highest BCUT2D eigenvalue weighted by atomic mass is 15.2. The summed E-state index contributed by atoms with van der Waals surface area (Å²) in [6.07, 6.45) is 2.38. The number of nitrogens with zero attached hydrogens (tertiary/aromatic N) is 4. The van der Waals surface area contributed by atoms with Crippen LogP contribution in [0.5, 0.6) is 0 Å². The smallest absolute Gasteiger partial charge is 0.163 e. The fourth-order valence-corrected chi connectivity index (χ4v) is 3.14. The van der Waals surface area contributed by atoms with Crippen LogP contribution in [0, 0.1) is 11.3 Å². The van der Waals surface area contributed by atoms with Crippen molar-refractivity contribution in [2.24, 2.45) is 0 Å². The van der Waals surface area contributed by atoms with E-state index in [9.17, 15) is 0 Å². The summed E-state index contributed by atoms with van der Waals surface area (Å²) < 4.78 is 0. The molecule has 128 valence electrons. The Balaban J connectivity index is 1.73. The van der Waals surface area contributed by atoms with Crippen molar-refractivity contribution in [2.75, 3.05) is 23.3 Å². The van der Waals surface area contributed by atoms with Gasteiger partial charge < -0.3 is 10.2 Å². The lowest BCUT2D eigenvalue weighted by Crippen LogP contribution is -2.19. The summed E-state index contributed by atoms with van der Waals surface area (Å²) in [5.74, 6) is 2.38. The van der Waals surface area contributed by atoms with Gasteiger partial charge in [0.2, 0.25) is 0 Å². The van der Waals surface area contributed by atoms with Crippen LogP contribution in [0.1, 0.15) is 18.4 Å². The third-order valence-corrected chi connectivity index (χ3v) is 4.44. The summed E-state index contributed by atoms with van der Waals surface area (Å²) in [7, 11) is 0. The molecule has 2 heterocycles. The van der Waals surface area contributed by atoms with Crippen molar-refractivity contribution in [1.82, 2.24) is 9.97 Å². The molecule has 0 atom stereocenters. The molecule has 2 aromatic carbocycles. The first-order chi connectivity index (χ1) is 12.8. The molecule has 3 aromatic rings. The molecule has 0 aliphatic carbocycles. The molecule has 4 rings (SSSR count). The molecule has 0 saturated carbocycles. The lowest BCUT2D eigenvalue weighted by atomic mass is 10.2. The molecule has 1 aliphatic heterocycles. The Kier molecular flexibility index (Phi) is 4.48. The summed E-state index contributed by atoms with van der Waals surface area (Å²) in [6.45, 7) is 2.04. The standard InChI is InChI=1S/C21H19N5/c22-15-16-7-6-10-18(13-16)23-19-14-20(26-11-4-5-12-26)25-21(24-19)17-8-2-1-3-9-17/h1-3,6-10,13-14H,4-5,11-12H2,(H,23,24,25). The van der Waals surface area contributed by atoms with Crippen LogP contribution >= 0.6 is 0 Å². The van der Waals surface area contributed by atoms with E-state index in [4.69, 9.17) is 15.2 Å². The van der Waals surface area contributed by atoms with Gasteiger partial charge in [-0.3, -0.25) is 0 Å². The lowest BCUT2D eigenvalue weighted by Gasteiger charge is -2.18. The Morgan fingerprint density at radius 3 is 2.50 bits per heavy atom. The van der Waals surface area contributed by atoms with E-state index in [0.717, 1.165) is 36.0 Å². The van der Waals surface area contributed by atoms with Crippen LogP contribution in [-0.4, -0.2) is 23.1 Å². The van der Waals surface area contributed by atoms with E-state index in [1.54, 1.807) is 6.07 Å². The van der Waals surface area contributed by atoms with Crippen molar-refractivity contribution in [3.63, 3.8) is 0 Å². The molecule has 0 spiro atoms. The molecular formula is C21H19N5. The SMILES string of the molecule is N#Cc1cccc(Nc2cc(N3CCCC3)nc(-c3ccccc3)n2)c1. The van der Waals surface area contributed by atoms with Gasteiger partial charge in [0.25, 0.3) is 0 Å². The van der Waals surface area contributed by atoms with Crippen LogP contribution < -0.4 is 10.2 Å². The first-order valence-electron chi connectivity index (χ1n) is 8.78. The quantitative estimate of drug-likeness (QED) is 0.764. The summed E-state index contributed by atoms with van der Waals surface area (Å²) >= 11 is 0. The first-order valence-corrected chi connectivity index (χ1v) is 8.78. The zero-order valence-electron chi connectivity index (χ0n) is 14.4. The van der Waals surface area contributed by atoms with E-state index in [1.807, 2.05) is 54.6 Å². The summed E-state index contributed by atoms with van der Waals surface area (Å²) in [5.41, 5.74) is 2.45. The highest BCUT2D eigenvalue weighted by molar-refractivity contribution is 5.66. The average molecular weight is 341 g/mol. The average Bonchev–Trinajstić information content (AvgIpc) is 3.23. The second-order valence-corrected chi connectivity index (χ2v) is 6.31. The first kappa shape index (κ1) is 16.1. The normalized spacial score (nSPS) is 13.4. The molecule has 5 nitrogen and oxygen atoms in total. The minimum absolute atomic E-state index is 0.618. The minimum Gasteiger partial charge on any atom is -0.356 e. The predicted octanol–water partition coefficient (Wildman–Crippen LogP) is 4.36. The van der Waals surface area contributed by atoms with Crippen LogP contribution in [0.15, 0.2) is 60.7 Å². The molecule has 5 heteroatoms. The van der Waals surface area contributed by atoms with Gasteiger partial charge in [0.05, 0.1) is 11.6 Å². The second-order valence-electron chi connectivity index (χ2n) is 6.31. The van der Waals surface area contributed by atoms with Crippen molar-refractivity contribution < 1.29 is 0 Å². The van der Waals surface area contributed by atoms with E-state index in [-0.39, 0.29) is 0 Å². The highest BCUT2D eigenvalue weighted by Gasteiger charge is 2.16. The van der Waals surface area contributed by atoms with E-state index in [0.29, 0.717) is 11.4 Å². The maximum Gasteiger partial charge on any atom is 0.163 e. The van der Waals surface area contributed by atoms with Gasteiger partial charge in [-0.1, -0.05) is 36.4 Å². The molecule has 0 radical (unpaired) electrons. The van der Waals surface area contributed by atoms with Gasteiger partial charge in [0.15, 0.2) is 5.82 Å². The maximum absolute atomic E-state index is 9.10. The van der Waals surface area contributed by atoms with Crippen molar-refractivity contribution in [1.29, 1.82) is 5.26 Å². The maximum atomic E-state index is 9.10. The Hall–Kier alpha value is -3.39. The van der Waals surface area contributed by atoms with Crippen LogP contribution in [0.3, 0.4) is 0 Å². The number of hydrogen-bond donors (Lipinski definition) is 1. The lowest BCUT2D eigenvalue weighted by molar-refractivity contribution is 0.931. The number of anilines is 3. The largest absolute Gasteiger partial charge is 0.356 e. The molecule has 1 saturated heterocycles. The number of benzene rings is 2. The fraction of sp³-hybridized carbons (Fsp3) is 0.190. The molecule has 0 bridgehead atoms. The van der Waals surface area contributed by atoms with Gasteiger partial charge in [-0.15, -0.1) is 0 Å². The summed E-state index contributed by atoms with van der Waals surface area (Å²) in [6, 6.07) is 21.6. The summed E-state index contributed by atoms with van der Waals surface area (Å²) in [5, 5.41) is 12.4. The van der Waals surface area contributed by atoms with Crippen LogP contribution in [0.4, 0.5) is 17.3 Å². The number of nitrogens with one attached hydrogen (secondary N) is 1. The molecule has 1 fully saturated rings. The Bertz CT molecular complexity index is 940. The zero-order valence-corrected chi connectivity index (χ0v) is 14.4. The molecular weight excluding hydrogens is 322 g/mol. The van der Waals surface area contributed by atoms with Crippen LogP contribution in [0.2, 0.25) is 0 Å². The Morgan fingerprint density at radius 1 is 0.923 bits per heavy atom. The monoisotopic (exact) mass is 341 g/mol. The highest BCUT2D eigenvalue weighted by Crippen LogP contribution is 2.26. The molecule has 0 unspecified atom stereocenters. The van der Waals surface area contributed by atoms with Gasteiger partial charge in [0, 0.05) is 30.4 Å². The minimum atomic E-state index is 0.618. The van der Waals surface area contributed by atoms with E-state index in [1.165, 1.54) is 12.8 Å².